The molecule has 0 bridgehead atoms. The zero-order valence-electron chi connectivity index (χ0n) is 16.8. The van der Waals surface area contributed by atoms with E-state index < -0.39 is 0 Å². The highest BCUT2D eigenvalue weighted by atomic mass is 16.7. The summed E-state index contributed by atoms with van der Waals surface area (Å²) >= 11 is 0. The molecule has 3 aliphatic rings. The molecule has 0 radical (unpaired) electrons. The van der Waals surface area contributed by atoms with Crippen LogP contribution in [0.5, 0.6) is 23.0 Å². The van der Waals surface area contributed by atoms with Gasteiger partial charge in [0.05, 0.1) is 5.56 Å². The molecule has 0 unspecified atom stereocenters. The van der Waals surface area contributed by atoms with Gasteiger partial charge in [0.2, 0.25) is 12.6 Å². The van der Waals surface area contributed by atoms with Crippen LogP contribution < -0.4 is 18.9 Å². The van der Waals surface area contributed by atoms with Gasteiger partial charge in [0.25, 0.3) is 0 Å². The van der Waals surface area contributed by atoms with E-state index in [0.717, 1.165) is 35.5 Å². The predicted molar refractivity (Wildman–Crippen MR) is 107 cm³/mol. The van der Waals surface area contributed by atoms with Gasteiger partial charge in [-0.25, -0.2) is 0 Å². The quantitative estimate of drug-likeness (QED) is 0.731. The second-order valence-electron chi connectivity index (χ2n) is 8.10. The van der Waals surface area contributed by atoms with Crippen molar-refractivity contribution in [3.8, 4) is 23.0 Å². The second kappa shape index (κ2) is 6.81. The minimum atomic E-state index is -0.107. The van der Waals surface area contributed by atoms with Crippen molar-refractivity contribution in [2.24, 2.45) is 5.92 Å². The number of nitrogens with zero attached hydrogens (tertiary/aromatic N) is 1. The van der Waals surface area contributed by atoms with Gasteiger partial charge in [0, 0.05) is 24.2 Å². The van der Waals surface area contributed by atoms with Crippen molar-refractivity contribution < 1.29 is 23.7 Å². The van der Waals surface area contributed by atoms with Crippen molar-refractivity contribution >= 4 is 11.9 Å². The molecule has 3 aliphatic heterocycles. The van der Waals surface area contributed by atoms with Gasteiger partial charge < -0.3 is 18.9 Å². The van der Waals surface area contributed by atoms with Crippen molar-refractivity contribution in [3.05, 3.63) is 52.3 Å². The summed E-state index contributed by atoms with van der Waals surface area (Å²) in [6, 6.07) is 7.49. The average Bonchev–Trinajstić information content (AvgIpc) is 3.27. The molecule has 0 saturated carbocycles. The lowest BCUT2D eigenvalue weighted by Crippen LogP contribution is -2.35. The molecule has 2 aromatic carbocycles. The fourth-order valence-corrected chi connectivity index (χ4v) is 4.08. The Labute approximate surface area is 169 Å². The first kappa shape index (κ1) is 18.1. The summed E-state index contributed by atoms with van der Waals surface area (Å²) in [7, 11) is 0. The lowest BCUT2D eigenvalue weighted by molar-refractivity contribution is 0.0835. The lowest BCUT2D eigenvalue weighted by atomic mass is 9.99. The molecule has 0 aromatic heterocycles. The monoisotopic (exact) mass is 393 g/mol. The first-order chi connectivity index (χ1) is 14.0. The number of carbonyl (C=O) groups is 1. The summed E-state index contributed by atoms with van der Waals surface area (Å²) in [4.78, 5) is 15.3. The van der Waals surface area contributed by atoms with Crippen LogP contribution in [-0.2, 0) is 6.54 Å². The van der Waals surface area contributed by atoms with E-state index >= 15 is 0 Å². The van der Waals surface area contributed by atoms with E-state index in [1.54, 1.807) is 6.08 Å². The smallest absolute Gasteiger partial charge is 0.231 e. The molecule has 29 heavy (non-hydrogen) atoms. The van der Waals surface area contributed by atoms with E-state index in [1.807, 2.05) is 31.2 Å². The normalized spacial score (nSPS) is 18.6. The fourth-order valence-electron chi connectivity index (χ4n) is 4.08. The molecule has 0 atom stereocenters. The molecule has 2 aromatic rings. The predicted octanol–water partition coefficient (Wildman–Crippen LogP) is 4.15. The molecule has 6 heteroatoms. The number of ether oxygens (including phenoxy) is 4. The number of allylic oxidation sites excluding steroid dienone is 1. The molecule has 0 aliphatic carbocycles. The van der Waals surface area contributed by atoms with Crippen LogP contribution >= 0.6 is 0 Å². The van der Waals surface area contributed by atoms with Crippen LogP contribution in [0.2, 0.25) is 0 Å². The number of ketones is 1. The SMILES string of the molecule is Cc1c2c(cc3c1O/C(=C\c1ccc4c(c1)OCO4)C3=O)CN(CC(C)C)CO2. The highest BCUT2D eigenvalue weighted by Crippen LogP contribution is 2.43. The number of rotatable bonds is 3. The summed E-state index contributed by atoms with van der Waals surface area (Å²) in [6.45, 7) is 8.83. The van der Waals surface area contributed by atoms with Gasteiger partial charge in [-0.05, 0) is 42.7 Å². The second-order valence-corrected chi connectivity index (χ2v) is 8.10. The van der Waals surface area contributed by atoms with Crippen molar-refractivity contribution in [1.82, 2.24) is 4.90 Å². The van der Waals surface area contributed by atoms with Gasteiger partial charge in [-0.1, -0.05) is 19.9 Å². The van der Waals surface area contributed by atoms with Crippen LogP contribution in [0.15, 0.2) is 30.0 Å². The lowest BCUT2D eigenvalue weighted by Gasteiger charge is -2.31. The van der Waals surface area contributed by atoms with E-state index in [4.69, 9.17) is 18.9 Å². The van der Waals surface area contributed by atoms with Gasteiger partial charge in [0.1, 0.15) is 18.2 Å². The summed E-state index contributed by atoms with van der Waals surface area (Å²) in [5, 5.41) is 0. The van der Waals surface area contributed by atoms with Gasteiger partial charge in [-0.15, -0.1) is 0 Å². The van der Waals surface area contributed by atoms with Crippen molar-refractivity contribution in [3.63, 3.8) is 0 Å². The van der Waals surface area contributed by atoms with Crippen molar-refractivity contribution in [2.75, 3.05) is 20.1 Å². The van der Waals surface area contributed by atoms with E-state index in [9.17, 15) is 4.79 Å². The zero-order valence-corrected chi connectivity index (χ0v) is 16.8. The molecular weight excluding hydrogens is 370 g/mol. The van der Waals surface area contributed by atoms with Crippen molar-refractivity contribution in [1.29, 1.82) is 0 Å². The third kappa shape index (κ3) is 3.13. The highest BCUT2D eigenvalue weighted by Gasteiger charge is 2.33. The maximum absolute atomic E-state index is 13.0. The molecule has 0 saturated heterocycles. The summed E-state index contributed by atoms with van der Waals surface area (Å²) in [5.41, 5.74) is 3.34. The molecule has 0 spiro atoms. The number of benzene rings is 2. The number of hydrogen-bond acceptors (Lipinski definition) is 6. The molecule has 3 heterocycles. The number of hydrogen-bond donors (Lipinski definition) is 0. The summed E-state index contributed by atoms with van der Waals surface area (Å²) in [6.07, 6.45) is 1.74. The Bertz CT molecular complexity index is 1040. The number of fused-ring (bicyclic) bond motifs is 3. The molecule has 6 nitrogen and oxygen atoms in total. The topological polar surface area (TPSA) is 57.2 Å². The Balaban J connectivity index is 1.46. The standard InChI is InChI=1S/C23H23NO5/c1-13(2)9-24-10-16-8-17-21(25)20(29-23(17)14(3)22(16)26-11-24)7-15-4-5-18-19(6-15)28-12-27-18/h4-8,13H,9-12H2,1-3H3/b20-7-. The molecule has 0 N–H and O–H groups in total. The van der Waals surface area contributed by atoms with Crippen LogP contribution in [0.4, 0.5) is 0 Å². The van der Waals surface area contributed by atoms with Crippen LogP contribution in [0.3, 0.4) is 0 Å². The van der Waals surface area contributed by atoms with Crippen LogP contribution in [-0.4, -0.2) is 30.8 Å². The molecule has 0 fully saturated rings. The third-order valence-electron chi connectivity index (χ3n) is 5.32. The summed E-state index contributed by atoms with van der Waals surface area (Å²) in [5.74, 6) is 3.57. The van der Waals surface area contributed by atoms with Crippen LogP contribution in [0.25, 0.3) is 6.08 Å². The first-order valence-electron chi connectivity index (χ1n) is 9.85. The van der Waals surface area contributed by atoms with Crippen LogP contribution in [0, 0.1) is 12.8 Å². The van der Waals surface area contributed by atoms with Crippen molar-refractivity contribution in [2.45, 2.75) is 27.3 Å². The summed E-state index contributed by atoms with van der Waals surface area (Å²) < 4.78 is 22.8. The van der Waals surface area contributed by atoms with E-state index in [2.05, 4.69) is 18.7 Å². The molecule has 150 valence electrons. The Morgan fingerprint density at radius 3 is 2.76 bits per heavy atom. The fraction of sp³-hybridized carbons (Fsp3) is 0.348. The minimum Gasteiger partial charge on any atom is -0.477 e. The average molecular weight is 393 g/mol. The molecule has 5 rings (SSSR count). The van der Waals surface area contributed by atoms with E-state index in [0.29, 0.717) is 41.2 Å². The Hall–Kier alpha value is -2.99. The number of Topliss-reactive ketones (excluding diaryl/α,β-unsaturated/α-hetero) is 1. The minimum absolute atomic E-state index is 0.107. The zero-order chi connectivity index (χ0) is 20.1. The third-order valence-corrected chi connectivity index (χ3v) is 5.32. The molecular formula is C23H23NO5. The Morgan fingerprint density at radius 2 is 1.93 bits per heavy atom. The molecule has 0 amide bonds. The Morgan fingerprint density at radius 1 is 1.10 bits per heavy atom. The van der Waals surface area contributed by atoms with Gasteiger partial charge in [-0.3, -0.25) is 9.69 Å². The maximum atomic E-state index is 13.0. The highest BCUT2D eigenvalue weighted by molar-refractivity contribution is 6.15. The maximum Gasteiger partial charge on any atom is 0.231 e. The van der Waals surface area contributed by atoms with E-state index in [1.165, 1.54) is 0 Å². The van der Waals surface area contributed by atoms with Gasteiger partial charge >= 0.3 is 0 Å². The van der Waals surface area contributed by atoms with Gasteiger partial charge in [-0.2, -0.15) is 0 Å². The van der Waals surface area contributed by atoms with E-state index in [-0.39, 0.29) is 12.6 Å². The largest absolute Gasteiger partial charge is 0.477 e. The first-order valence-corrected chi connectivity index (χ1v) is 9.85. The van der Waals surface area contributed by atoms with Gasteiger partial charge in [0.15, 0.2) is 17.3 Å². The van der Waals surface area contributed by atoms with Crippen LogP contribution in [0.1, 0.15) is 40.9 Å². The Kier molecular flexibility index (Phi) is 4.24. The number of carbonyl (C=O) groups excluding carboxylic acids is 1.